The fourth-order valence-corrected chi connectivity index (χ4v) is 4.17. The number of hydrogen-bond donors (Lipinski definition) is 2. The Morgan fingerprint density at radius 1 is 1.18 bits per heavy atom. The molecule has 1 aliphatic heterocycles. The third-order valence-electron chi connectivity index (χ3n) is 5.59. The van der Waals surface area contributed by atoms with E-state index in [1.54, 1.807) is 12.1 Å². The molecule has 0 saturated carbocycles. The standard InChI is InChI=1S/C24H28N4O4S/c1-27(15-17-7-3-2-4-8-17)11-6-10-25-22(29)9-5-12-28-23(30)18-13-20-21(32-16-31-20)14-19(18)26-24(28)33/h2-4,7-8,13-14H,5-6,9-12,15-16H2,1H3,(H,25,29)(H,26,33). The Morgan fingerprint density at radius 3 is 2.73 bits per heavy atom. The van der Waals surface area contributed by atoms with Crippen LogP contribution in [0.1, 0.15) is 24.8 Å². The highest BCUT2D eigenvalue weighted by molar-refractivity contribution is 7.71. The second-order valence-corrected chi connectivity index (χ2v) is 8.56. The number of nitrogens with one attached hydrogen (secondary N) is 2. The highest BCUT2D eigenvalue weighted by Crippen LogP contribution is 2.34. The van der Waals surface area contributed by atoms with Crippen LogP contribution in [0.2, 0.25) is 0 Å². The van der Waals surface area contributed by atoms with Crippen molar-refractivity contribution in [2.75, 3.05) is 26.9 Å². The zero-order chi connectivity index (χ0) is 23.2. The molecule has 174 valence electrons. The van der Waals surface area contributed by atoms with Crippen molar-refractivity contribution in [1.82, 2.24) is 19.8 Å². The van der Waals surface area contributed by atoms with Gasteiger partial charge >= 0.3 is 0 Å². The van der Waals surface area contributed by atoms with Gasteiger partial charge < -0.3 is 24.7 Å². The topological polar surface area (TPSA) is 88.6 Å². The summed E-state index contributed by atoms with van der Waals surface area (Å²) < 4.78 is 12.5. The molecule has 33 heavy (non-hydrogen) atoms. The Bertz CT molecular complexity index is 1240. The summed E-state index contributed by atoms with van der Waals surface area (Å²) in [5.41, 5.74) is 1.69. The summed E-state index contributed by atoms with van der Waals surface area (Å²) >= 11 is 5.36. The third-order valence-corrected chi connectivity index (χ3v) is 5.92. The lowest BCUT2D eigenvalue weighted by Crippen LogP contribution is -2.28. The molecule has 0 radical (unpaired) electrons. The first-order valence-electron chi connectivity index (χ1n) is 11.1. The highest BCUT2D eigenvalue weighted by Gasteiger charge is 2.17. The first-order valence-corrected chi connectivity index (χ1v) is 11.5. The smallest absolute Gasteiger partial charge is 0.262 e. The van der Waals surface area contributed by atoms with Gasteiger partial charge in [-0.3, -0.25) is 14.2 Å². The molecular formula is C24H28N4O4S. The lowest BCUT2D eigenvalue weighted by Gasteiger charge is -2.16. The number of carbonyl (C=O) groups is 1. The second-order valence-electron chi connectivity index (χ2n) is 8.17. The molecule has 1 aromatic heterocycles. The number of nitrogens with zero attached hydrogens (tertiary/aromatic N) is 2. The number of carbonyl (C=O) groups excluding carboxylic acids is 1. The molecule has 0 bridgehead atoms. The summed E-state index contributed by atoms with van der Waals surface area (Å²) in [4.78, 5) is 30.4. The van der Waals surface area contributed by atoms with Crippen LogP contribution in [0.15, 0.2) is 47.3 Å². The molecule has 0 atom stereocenters. The Labute approximate surface area is 197 Å². The molecule has 3 aromatic rings. The van der Waals surface area contributed by atoms with E-state index in [2.05, 4.69) is 34.4 Å². The van der Waals surface area contributed by atoms with Crippen molar-refractivity contribution >= 4 is 29.0 Å². The Morgan fingerprint density at radius 2 is 1.94 bits per heavy atom. The van der Waals surface area contributed by atoms with Crippen LogP contribution >= 0.6 is 12.2 Å². The van der Waals surface area contributed by atoms with Gasteiger partial charge in [-0.2, -0.15) is 0 Å². The van der Waals surface area contributed by atoms with Crippen molar-refractivity contribution < 1.29 is 14.3 Å². The molecular weight excluding hydrogens is 440 g/mol. The first-order chi connectivity index (χ1) is 16.0. The van der Waals surface area contributed by atoms with Crippen molar-refractivity contribution in [3.05, 3.63) is 63.2 Å². The van der Waals surface area contributed by atoms with Gasteiger partial charge in [0.1, 0.15) is 0 Å². The number of rotatable bonds is 10. The van der Waals surface area contributed by atoms with Gasteiger partial charge in [0.15, 0.2) is 16.3 Å². The molecule has 0 saturated heterocycles. The number of ether oxygens (including phenoxy) is 2. The first kappa shape index (κ1) is 23.0. The number of fused-ring (bicyclic) bond motifs is 2. The second kappa shape index (κ2) is 10.6. The monoisotopic (exact) mass is 468 g/mol. The van der Waals surface area contributed by atoms with E-state index in [4.69, 9.17) is 21.7 Å². The molecule has 0 spiro atoms. The summed E-state index contributed by atoms with van der Waals surface area (Å²) in [6.45, 7) is 2.92. The summed E-state index contributed by atoms with van der Waals surface area (Å²) in [5.74, 6) is 1.12. The normalized spacial score (nSPS) is 12.4. The summed E-state index contributed by atoms with van der Waals surface area (Å²) in [6, 6.07) is 13.7. The number of aromatic amines is 1. The zero-order valence-electron chi connectivity index (χ0n) is 18.6. The van der Waals surface area contributed by atoms with Crippen molar-refractivity contribution in [2.45, 2.75) is 32.4 Å². The molecule has 1 amide bonds. The molecule has 1 aliphatic rings. The molecule has 4 rings (SSSR count). The number of aromatic nitrogens is 2. The maximum absolute atomic E-state index is 12.9. The maximum Gasteiger partial charge on any atom is 0.262 e. The lowest BCUT2D eigenvalue weighted by molar-refractivity contribution is -0.121. The van der Waals surface area contributed by atoms with Gasteiger partial charge in [-0.25, -0.2) is 0 Å². The van der Waals surface area contributed by atoms with E-state index in [-0.39, 0.29) is 18.3 Å². The van der Waals surface area contributed by atoms with Crippen molar-refractivity contribution in [3.8, 4) is 11.5 Å². The van der Waals surface area contributed by atoms with E-state index < -0.39 is 0 Å². The van der Waals surface area contributed by atoms with Crippen LogP contribution in [0.4, 0.5) is 0 Å². The van der Waals surface area contributed by atoms with Crippen LogP contribution in [0.5, 0.6) is 11.5 Å². The Balaban J connectivity index is 1.22. The van der Waals surface area contributed by atoms with Gasteiger partial charge in [0, 0.05) is 32.1 Å². The largest absolute Gasteiger partial charge is 0.454 e. The number of benzene rings is 2. The lowest BCUT2D eigenvalue weighted by atomic mass is 10.2. The van der Waals surface area contributed by atoms with Crippen molar-refractivity contribution in [2.24, 2.45) is 0 Å². The van der Waals surface area contributed by atoms with Gasteiger partial charge in [0.25, 0.3) is 5.56 Å². The number of hydrogen-bond acceptors (Lipinski definition) is 6. The molecule has 0 fully saturated rings. The minimum Gasteiger partial charge on any atom is -0.454 e. The molecule has 2 N–H and O–H groups in total. The predicted molar refractivity (Wildman–Crippen MR) is 129 cm³/mol. The molecule has 0 unspecified atom stereocenters. The Hall–Kier alpha value is -3.17. The molecule has 2 heterocycles. The SMILES string of the molecule is CN(CCCNC(=O)CCCn1c(=S)[nH]c2cc3c(cc2c1=O)OCO3)Cc1ccccc1. The Kier molecular flexibility index (Phi) is 7.41. The minimum atomic E-state index is -0.200. The summed E-state index contributed by atoms with van der Waals surface area (Å²) in [6.07, 6.45) is 1.73. The van der Waals surface area contributed by atoms with Crippen LogP contribution < -0.4 is 20.3 Å². The van der Waals surface area contributed by atoms with Crippen LogP contribution in [-0.4, -0.2) is 47.3 Å². The van der Waals surface area contributed by atoms with E-state index in [0.29, 0.717) is 53.1 Å². The minimum absolute atomic E-state index is 0.0205. The van der Waals surface area contributed by atoms with Gasteiger partial charge in [-0.05, 0) is 50.3 Å². The predicted octanol–water partition coefficient (Wildman–Crippen LogP) is 3.21. The van der Waals surface area contributed by atoms with E-state index >= 15 is 0 Å². The van der Waals surface area contributed by atoms with Crippen LogP contribution in [0.25, 0.3) is 10.9 Å². The zero-order valence-corrected chi connectivity index (χ0v) is 19.5. The molecule has 0 aliphatic carbocycles. The fraction of sp³-hybridized carbons (Fsp3) is 0.375. The highest BCUT2D eigenvalue weighted by atomic mass is 32.1. The molecule has 9 heteroatoms. The molecule has 8 nitrogen and oxygen atoms in total. The van der Waals surface area contributed by atoms with E-state index in [1.165, 1.54) is 10.1 Å². The third kappa shape index (κ3) is 5.80. The van der Waals surface area contributed by atoms with Gasteiger partial charge in [-0.15, -0.1) is 0 Å². The summed E-state index contributed by atoms with van der Waals surface area (Å²) in [7, 11) is 2.08. The van der Waals surface area contributed by atoms with Gasteiger partial charge in [0.05, 0.1) is 10.9 Å². The van der Waals surface area contributed by atoms with Gasteiger partial charge in [0.2, 0.25) is 12.7 Å². The summed E-state index contributed by atoms with van der Waals surface area (Å²) in [5, 5.41) is 3.44. The van der Waals surface area contributed by atoms with E-state index in [9.17, 15) is 9.59 Å². The van der Waals surface area contributed by atoms with Crippen LogP contribution in [0, 0.1) is 4.77 Å². The maximum atomic E-state index is 12.9. The quantitative estimate of drug-likeness (QED) is 0.351. The van der Waals surface area contributed by atoms with Crippen molar-refractivity contribution in [3.63, 3.8) is 0 Å². The number of amides is 1. The van der Waals surface area contributed by atoms with Crippen LogP contribution in [0.3, 0.4) is 0 Å². The van der Waals surface area contributed by atoms with Crippen molar-refractivity contribution in [1.29, 1.82) is 0 Å². The molecule has 2 aromatic carbocycles. The number of H-pyrrole nitrogens is 1. The van der Waals surface area contributed by atoms with E-state index in [1.807, 2.05) is 18.2 Å². The average Bonchev–Trinajstić information content (AvgIpc) is 3.26. The van der Waals surface area contributed by atoms with Crippen LogP contribution in [-0.2, 0) is 17.9 Å². The van der Waals surface area contributed by atoms with Gasteiger partial charge in [-0.1, -0.05) is 30.3 Å². The van der Waals surface area contributed by atoms with E-state index in [0.717, 1.165) is 19.5 Å². The fourth-order valence-electron chi connectivity index (χ4n) is 3.88. The average molecular weight is 469 g/mol.